The molecule has 0 spiro atoms. The lowest BCUT2D eigenvalue weighted by Crippen LogP contribution is -2.09. The fourth-order valence-electron chi connectivity index (χ4n) is 3.38. The Morgan fingerprint density at radius 3 is 2.11 bits per heavy atom. The first-order valence-electron chi connectivity index (χ1n) is 9.80. The van der Waals surface area contributed by atoms with Gasteiger partial charge in [0.1, 0.15) is 5.75 Å². The van der Waals surface area contributed by atoms with Crippen molar-refractivity contribution in [1.29, 1.82) is 0 Å². The van der Waals surface area contributed by atoms with Crippen molar-refractivity contribution in [3.63, 3.8) is 0 Å². The first-order chi connectivity index (χ1) is 17.3. The van der Waals surface area contributed by atoms with Crippen LogP contribution in [-0.2, 0) is 17.3 Å². The van der Waals surface area contributed by atoms with Gasteiger partial charge in [-0.05, 0) is 35.7 Å². The van der Waals surface area contributed by atoms with Gasteiger partial charge in [0, 0.05) is 17.1 Å². The van der Waals surface area contributed by atoms with E-state index in [1.807, 2.05) is 0 Å². The summed E-state index contributed by atoms with van der Waals surface area (Å²) in [6.07, 6.45) is -3.48. The summed E-state index contributed by atoms with van der Waals surface area (Å²) in [7, 11) is 1.15. The van der Waals surface area contributed by atoms with Gasteiger partial charge in [0.05, 0.1) is 28.3 Å². The second-order valence-electron chi connectivity index (χ2n) is 7.29. The highest BCUT2D eigenvalue weighted by Gasteiger charge is 2.35. The predicted molar refractivity (Wildman–Crippen MR) is 117 cm³/mol. The van der Waals surface area contributed by atoms with Crippen LogP contribution in [0.1, 0.15) is 5.56 Å². The summed E-state index contributed by atoms with van der Waals surface area (Å²) in [4.78, 5) is 3.94. The van der Waals surface area contributed by atoms with Crippen molar-refractivity contribution in [1.82, 2.24) is 4.98 Å². The van der Waals surface area contributed by atoms with E-state index in [2.05, 4.69) is 9.17 Å². The van der Waals surface area contributed by atoms with Crippen LogP contribution in [0.2, 0.25) is 5.02 Å². The summed E-state index contributed by atoms with van der Waals surface area (Å²) in [5.74, 6) is -13.5. The average Bonchev–Trinajstić information content (AvgIpc) is 2.87. The number of ether oxygens (including phenoxy) is 1. The molecular formula is C23H10ClF8NO3S. The number of hydrogen-bond donors (Lipinski definition) is 0. The maximum absolute atomic E-state index is 13.9. The van der Waals surface area contributed by atoms with Gasteiger partial charge in [0.15, 0.2) is 0 Å². The Hall–Kier alpha value is -3.45. The molecule has 0 aliphatic rings. The zero-order valence-electron chi connectivity index (χ0n) is 18.0. The van der Waals surface area contributed by atoms with Crippen molar-refractivity contribution in [2.45, 2.75) is 11.1 Å². The van der Waals surface area contributed by atoms with Gasteiger partial charge >= 0.3 is 6.18 Å². The van der Waals surface area contributed by atoms with Crippen LogP contribution in [0.3, 0.4) is 0 Å². The van der Waals surface area contributed by atoms with E-state index in [-0.39, 0.29) is 27.3 Å². The summed E-state index contributed by atoms with van der Waals surface area (Å²) in [6, 6.07) is 6.81. The van der Waals surface area contributed by atoms with Crippen LogP contribution in [0.5, 0.6) is 11.5 Å². The summed E-state index contributed by atoms with van der Waals surface area (Å²) in [5, 5.41) is -0.0143. The fraction of sp³-hybridized carbons (Fsp3) is 0.0870. The molecule has 0 fully saturated rings. The number of halogens is 9. The number of methoxy groups -OCH3 is 1. The molecule has 0 saturated carbocycles. The number of benzene rings is 3. The van der Waals surface area contributed by atoms with Crippen LogP contribution in [0.25, 0.3) is 22.0 Å². The maximum Gasteiger partial charge on any atom is 0.417 e. The van der Waals surface area contributed by atoms with Crippen LogP contribution in [0.4, 0.5) is 35.1 Å². The number of aromatic nitrogens is 1. The molecule has 3 aromatic carbocycles. The highest BCUT2D eigenvalue weighted by atomic mass is 35.5. The molecule has 1 atom stereocenters. The molecule has 0 N–H and O–H groups in total. The van der Waals surface area contributed by atoms with Gasteiger partial charge in [-0.25, -0.2) is 17.4 Å². The van der Waals surface area contributed by atoms with Crippen molar-refractivity contribution in [3.05, 3.63) is 82.3 Å². The van der Waals surface area contributed by atoms with E-state index in [9.17, 15) is 39.3 Å². The van der Waals surface area contributed by atoms with Gasteiger partial charge in [-0.1, -0.05) is 17.7 Å². The Balaban J connectivity index is 1.77. The minimum Gasteiger partial charge on any atom is -0.496 e. The van der Waals surface area contributed by atoms with Gasteiger partial charge in [-0.2, -0.15) is 22.0 Å². The van der Waals surface area contributed by atoms with Gasteiger partial charge in [0.25, 0.3) is 0 Å². The Morgan fingerprint density at radius 2 is 1.51 bits per heavy atom. The molecule has 0 amide bonds. The Morgan fingerprint density at radius 1 is 0.892 bits per heavy atom. The number of alkyl halides is 3. The van der Waals surface area contributed by atoms with Crippen LogP contribution in [0.15, 0.2) is 47.5 Å². The van der Waals surface area contributed by atoms with E-state index in [1.54, 1.807) is 0 Å². The number of nitrogens with zero attached hydrogens (tertiary/aromatic N) is 1. The fourth-order valence-corrected chi connectivity index (χ4v) is 4.45. The molecule has 0 radical (unpaired) electrons. The Labute approximate surface area is 210 Å². The molecule has 1 unspecified atom stereocenters. The van der Waals surface area contributed by atoms with Crippen molar-refractivity contribution >= 4 is 33.5 Å². The second-order valence-corrected chi connectivity index (χ2v) is 8.80. The Kier molecular flexibility index (Phi) is 7.04. The highest BCUT2D eigenvalue weighted by molar-refractivity contribution is 7.80. The number of rotatable bonds is 5. The van der Waals surface area contributed by atoms with Crippen LogP contribution in [0, 0.1) is 29.1 Å². The van der Waals surface area contributed by atoms with Crippen molar-refractivity contribution in [3.8, 4) is 22.8 Å². The largest absolute Gasteiger partial charge is 0.496 e. The maximum atomic E-state index is 13.9. The van der Waals surface area contributed by atoms with E-state index in [4.69, 9.17) is 16.3 Å². The lowest BCUT2D eigenvalue weighted by Gasteiger charge is -2.15. The van der Waals surface area contributed by atoms with Crippen LogP contribution in [-0.4, -0.2) is 16.3 Å². The van der Waals surface area contributed by atoms with E-state index < -0.39 is 62.7 Å². The van der Waals surface area contributed by atoms with E-state index in [0.717, 1.165) is 19.2 Å². The number of pyridine rings is 1. The molecule has 0 saturated heterocycles. The third-order valence-electron chi connectivity index (χ3n) is 5.11. The molecule has 37 heavy (non-hydrogen) atoms. The topological polar surface area (TPSA) is 48.4 Å². The van der Waals surface area contributed by atoms with Gasteiger partial charge < -0.3 is 8.92 Å². The van der Waals surface area contributed by atoms with Crippen LogP contribution < -0.4 is 8.92 Å². The minimum atomic E-state index is -4.75. The van der Waals surface area contributed by atoms with Crippen molar-refractivity contribution in [2.75, 3.05) is 7.11 Å². The lowest BCUT2D eigenvalue weighted by atomic mass is 10.0. The summed E-state index contributed by atoms with van der Waals surface area (Å²) >= 11 is 3.11. The molecule has 1 aromatic heterocycles. The highest BCUT2D eigenvalue weighted by Crippen LogP contribution is 2.43. The number of hydrogen-bond acceptors (Lipinski definition) is 4. The molecule has 4 nitrogen and oxygen atoms in total. The molecule has 4 rings (SSSR count). The zero-order valence-corrected chi connectivity index (χ0v) is 19.6. The Bertz CT molecular complexity index is 1550. The first-order valence-corrected chi connectivity index (χ1v) is 11.3. The standard InChI is InChI=1S/C23H10ClF8NO3S/c1-35-15-8-13(23(30,31)32)14(24)7-12(15)21-11-3-2-10(6-9(11)4-5-33-21)37(34)36-22-19(28)17(26)16(25)18(27)20(22)29/h2-8H,1H3. The molecule has 4 aromatic rings. The molecule has 14 heteroatoms. The third kappa shape index (κ3) is 4.80. The summed E-state index contributed by atoms with van der Waals surface area (Å²) in [6.45, 7) is 0. The number of fused-ring (bicyclic) bond motifs is 1. The molecule has 194 valence electrons. The predicted octanol–water partition coefficient (Wildman–Crippen LogP) is 7.38. The summed E-state index contributed by atoms with van der Waals surface area (Å²) < 4.78 is 130. The van der Waals surface area contributed by atoms with Gasteiger partial charge in [-0.3, -0.25) is 4.98 Å². The lowest BCUT2D eigenvalue weighted by molar-refractivity contribution is -0.137. The summed E-state index contributed by atoms with van der Waals surface area (Å²) in [5.41, 5.74) is -0.904. The van der Waals surface area contributed by atoms with Crippen LogP contribution >= 0.6 is 11.6 Å². The molecule has 0 aliphatic heterocycles. The quantitative estimate of drug-likeness (QED) is 0.143. The first kappa shape index (κ1) is 26.6. The molecule has 1 heterocycles. The zero-order chi connectivity index (χ0) is 27.2. The van der Waals surface area contributed by atoms with Crippen molar-refractivity contribution < 1.29 is 48.3 Å². The average molecular weight is 568 g/mol. The van der Waals surface area contributed by atoms with Gasteiger partial charge in [0.2, 0.25) is 45.9 Å². The minimum absolute atomic E-state index is 0.0950. The van der Waals surface area contributed by atoms with Gasteiger partial charge in [-0.15, -0.1) is 0 Å². The van der Waals surface area contributed by atoms with E-state index >= 15 is 0 Å². The molecule has 0 bridgehead atoms. The smallest absolute Gasteiger partial charge is 0.417 e. The normalized spacial score (nSPS) is 12.6. The third-order valence-corrected chi connectivity index (χ3v) is 6.38. The second kappa shape index (κ2) is 9.78. The van der Waals surface area contributed by atoms with Crippen molar-refractivity contribution in [2.24, 2.45) is 0 Å². The molecule has 0 aliphatic carbocycles. The SMILES string of the molecule is COc1cc(C(F)(F)F)c(Cl)cc1-c1nccc2cc(S(=O)Oc3c(F)c(F)c(F)c(F)c3F)ccc12. The van der Waals surface area contributed by atoms with E-state index in [1.165, 1.54) is 24.4 Å². The van der Waals surface area contributed by atoms with E-state index in [0.29, 0.717) is 11.5 Å². The monoisotopic (exact) mass is 567 g/mol. The molecular weight excluding hydrogens is 558 g/mol.